The van der Waals surface area contributed by atoms with Gasteiger partial charge in [-0.2, -0.15) is 5.10 Å². The number of halogens is 2. The monoisotopic (exact) mass is 548 g/mol. The Balaban J connectivity index is 1.68. The summed E-state index contributed by atoms with van der Waals surface area (Å²) in [5.74, 6) is -2.72. The van der Waals surface area contributed by atoms with Crippen LogP contribution >= 0.6 is 0 Å². The molecule has 0 radical (unpaired) electrons. The molecule has 0 N–H and O–H groups in total. The molecule has 0 aliphatic heterocycles. The van der Waals surface area contributed by atoms with Gasteiger partial charge in [-0.25, -0.2) is 17.2 Å². The lowest BCUT2D eigenvalue weighted by Gasteiger charge is -2.35. The van der Waals surface area contributed by atoms with Gasteiger partial charge >= 0.3 is 0 Å². The molecular weight excluding hydrogens is 518 g/mol. The van der Waals surface area contributed by atoms with Crippen LogP contribution in [0.25, 0.3) is 33.2 Å². The van der Waals surface area contributed by atoms with E-state index in [9.17, 15) is 17.2 Å². The highest BCUT2D eigenvalue weighted by molar-refractivity contribution is 7.90. The van der Waals surface area contributed by atoms with E-state index in [0.29, 0.717) is 12.8 Å². The molecule has 1 aliphatic carbocycles. The Labute approximate surface area is 226 Å². The number of nitrogens with zero attached hydrogens (tertiary/aromatic N) is 4. The molecule has 0 amide bonds. The summed E-state index contributed by atoms with van der Waals surface area (Å²) in [6, 6.07) is 16.8. The number of fused-ring (bicyclic) bond motifs is 3. The average molecular weight is 549 g/mol. The van der Waals surface area contributed by atoms with Crippen LogP contribution in [0.3, 0.4) is 0 Å². The normalized spacial score (nSPS) is 17.2. The van der Waals surface area contributed by atoms with E-state index in [0.717, 1.165) is 44.3 Å². The van der Waals surface area contributed by atoms with Crippen molar-refractivity contribution in [2.75, 3.05) is 6.26 Å². The fourth-order valence-corrected chi connectivity index (χ4v) is 6.81. The summed E-state index contributed by atoms with van der Waals surface area (Å²) < 4.78 is 57.7. The molecule has 1 aliphatic rings. The van der Waals surface area contributed by atoms with Crippen molar-refractivity contribution < 1.29 is 17.2 Å². The summed E-state index contributed by atoms with van der Waals surface area (Å²) in [5, 5.41) is 5.22. The van der Waals surface area contributed by atoms with Crippen LogP contribution in [0.2, 0.25) is 0 Å². The van der Waals surface area contributed by atoms with Crippen molar-refractivity contribution in [3.05, 3.63) is 78.1 Å². The molecule has 5 aromatic rings. The van der Waals surface area contributed by atoms with Crippen molar-refractivity contribution in [3.63, 3.8) is 0 Å². The third kappa shape index (κ3) is 4.52. The highest BCUT2D eigenvalue weighted by Crippen LogP contribution is 2.46. The van der Waals surface area contributed by atoms with E-state index in [-0.39, 0.29) is 29.7 Å². The minimum atomic E-state index is -3.48. The third-order valence-electron chi connectivity index (χ3n) is 8.06. The lowest BCUT2D eigenvalue weighted by molar-refractivity contribution is -0.0493. The van der Waals surface area contributed by atoms with Crippen molar-refractivity contribution in [1.29, 1.82) is 0 Å². The zero-order valence-corrected chi connectivity index (χ0v) is 22.9. The van der Waals surface area contributed by atoms with Crippen LogP contribution in [0.4, 0.5) is 8.78 Å². The van der Waals surface area contributed by atoms with E-state index in [1.807, 2.05) is 67.4 Å². The number of alkyl halides is 2. The number of aromatic nitrogens is 4. The first-order valence-electron chi connectivity index (χ1n) is 13.1. The molecule has 1 unspecified atom stereocenters. The molecule has 0 spiro atoms. The molecule has 2 aromatic carbocycles. The van der Waals surface area contributed by atoms with Crippen LogP contribution in [0, 0.1) is 12.8 Å². The third-order valence-corrected chi connectivity index (χ3v) is 9.17. The summed E-state index contributed by atoms with van der Waals surface area (Å²) in [7, 11) is -1.59. The van der Waals surface area contributed by atoms with Crippen molar-refractivity contribution >= 4 is 31.8 Å². The zero-order chi connectivity index (χ0) is 27.5. The van der Waals surface area contributed by atoms with Crippen molar-refractivity contribution in [2.24, 2.45) is 13.0 Å². The van der Waals surface area contributed by atoms with Crippen molar-refractivity contribution in [3.8, 4) is 11.3 Å². The molecule has 3 heterocycles. The number of rotatable bonds is 5. The first kappa shape index (κ1) is 25.7. The van der Waals surface area contributed by atoms with E-state index < -0.39 is 15.8 Å². The molecule has 6 rings (SSSR count). The van der Waals surface area contributed by atoms with Gasteiger partial charge in [0.25, 0.3) is 0 Å². The molecular formula is C30H30F2N4O2S. The fourth-order valence-electron chi connectivity index (χ4n) is 6.17. The Hall–Kier alpha value is -3.59. The predicted molar refractivity (Wildman–Crippen MR) is 149 cm³/mol. The van der Waals surface area contributed by atoms with Crippen LogP contribution in [-0.2, 0) is 16.9 Å². The highest BCUT2D eigenvalue weighted by Gasteiger charge is 2.39. The maximum Gasteiger partial charge on any atom is 0.248 e. The van der Waals surface area contributed by atoms with Gasteiger partial charge in [-0.1, -0.05) is 30.3 Å². The van der Waals surface area contributed by atoms with Crippen LogP contribution in [0.1, 0.15) is 42.9 Å². The van der Waals surface area contributed by atoms with E-state index in [1.165, 1.54) is 6.26 Å². The molecule has 1 saturated carbocycles. The molecule has 1 atom stereocenters. The van der Waals surface area contributed by atoms with E-state index >= 15 is 0 Å². The Morgan fingerprint density at radius 3 is 2.36 bits per heavy atom. The molecule has 39 heavy (non-hydrogen) atoms. The van der Waals surface area contributed by atoms with Crippen LogP contribution < -0.4 is 0 Å². The molecule has 3 aromatic heterocycles. The summed E-state index contributed by atoms with van der Waals surface area (Å²) in [4.78, 5) is 5.08. The number of hydrogen-bond acceptors (Lipinski definition) is 4. The van der Waals surface area contributed by atoms with Crippen LogP contribution in [-0.4, -0.2) is 39.9 Å². The van der Waals surface area contributed by atoms with Gasteiger partial charge in [-0.3, -0.25) is 9.67 Å². The van der Waals surface area contributed by atoms with E-state index in [2.05, 4.69) is 15.7 Å². The average Bonchev–Trinajstić information content (AvgIpc) is 3.40. The minimum absolute atomic E-state index is 0.0604. The summed E-state index contributed by atoms with van der Waals surface area (Å²) in [5.41, 5.74) is 6.13. The van der Waals surface area contributed by atoms with Crippen LogP contribution in [0.5, 0.6) is 0 Å². The number of aryl methyl sites for hydroxylation is 2. The molecule has 1 fully saturated rings. The van der Waals surface area contributed by atoms with Gasteiger partial charge in [0.1, 0.15) is 0 Å². The maximum absolute atomic E-state index is 14.3. The van der Waals surface area contributed by atoms with Crippen molar-refractivity contribution in [2.45, 2.75) is 49.5 Å². The largest absolute Gasteiger partial charge is 0.331 e. The van der Waals surface area contributed by atoms with Crippen LogP contribution in [0.15, 0.2) is 71.9 Å². The Bertz CT molecular complexity index is 1780. The fraction of sp³-hybridized carbons (Fsp3) is 0.333. The number of hydrogen-bond donors (Lipinski definition) is 0. The second-order valence-corrected chi connectivity index (χ2v) is 12.8. The Kier molecular flexibility index (Phi) is 6.10. The van der Waals surface area contributed by atoms with Gasteiger partial charge in [0.2, 0.25) is 5.92 Å². The van der Waals surface area contributed by atoms with Crippen molar-refractivity contribution in [1.82, 2.24) is 19.3 Å². The molecule has 202 valence electrons. The summed E-state index contributed by atoms with van der Waals surface area (Å²) in [6.45, 7) is 2.00. The lowest BCUT2D eigenvalue weighted by atomic mass is 9.79. The maximum atomic E-state index is 14.3. The van der Waals surface area contributed by atoms with Gasteiger partial charge in [0.05, 0.1) is 39.4 Å². The lowest BCUT2D eigenvalue weighted by Crippen LogP contribution is -2.30. The molecule has 9 heteroatoms. The minimum Gasteiger partial charge on any atom is -0.331 e. The van der Waals surface area contributed by atoms with Gasteiger partial charge in [-0.05, 0) is 61.1 Å². The standard InChI is InChI=1S/C30H30F2N4O2S/c1-19-17-34-35(2)28(19)22-15-26-27(33-18-22)24-10-9-23(39(3,37)38)16-25(24)36(26)29(20-7-5-4-6-8-20)21-11-13-30(31,32)14-12-21/h4-10,15-18,21,29H,11-14H2,1-3H3. The summed E-state index contributed by atoms with van der Waals surface area (Å²) in [6.07, 6.45) is 5.23. The molecule has 6 nitrogen and oxygen atoms in total. The zero-order valence-electron chi connectivity index (χ0n) is 22.1. The predicted octanol–water partition coefficient (Wildman–Crippen LogP) is 6.72. The molecule has 0 saturated heterocycles. The quantitative estimate of drug-likeness (QED) is 0.245. The first-order valence-corrected chi connectivity index (χ1v) is 15.0. The van der Waals surface area contributed by atoms with Gasteiger partial charge in [0, 0.05) is 43.3 Å². The first-order chi connectivity index (χ1) is 18.5. The van der Waals surface area contributed by atoms with Gasteiger partial charge in [-0.15, -0.1) is 0 Å². The molecule has 0 bridgehead atoms. The topological polar surface area (TPSA) is 69.8 Å². The SMILES string of the molecule is Cc1cnn(C)c1-c1cnc2c3ccc(S(C)(=O)=O)cc3n(C(c3ccccc3)C3CCC(F)(F)CC3)c2c1. The van der Waals surface area contributed by atoms with E-state index in [4.69, 9.17) is 4.98 Å². The number of benzene rings is 2. The number of sulfone groups is 1. The Morgan fingerprint density at radius 1 is 1.00 bits per heavy atom. The number of pyridine rings is 1. The van der Waals surface area contributed by atoms with Gasteiger partial charge in [0.15, 0.2) is 9.84 Å². The van der Waals surface area contributed by atoms with E-state index in [1.54, 1.807) is 12.1 Å². The Morgan fingerprint density at radius 2 is 1.72 bits per heavy atom. The highest BCUT2D eigenvalue weighted by atomic mass is 32.2. The van der Waals surface area contributed by atoms with Gasteiger partial charge < -0.3 is 4.57 Å². The second-order valence-electron chi connectivity index (χ2n) is 10.8. The second kappa shape index (κ2) is 9.26. The smallest absolute Gasteiger partial charge is 0.248 e. The summed E-state index contributed by atoms with van der Waals surface area (Å²) >= 11 is 0.